The van der Waals surface area contributed by atoms with Gasteiger partial charge in [-0.2, -0.15) is 4.98 Å². The predicted molar refractivity (Wildman–Crippen MR) is 88.7 cm³/mol. The first kappa shape index (κ1) is 14.7. The number of fused-ring (bicyclic) bond motifs is 1. The molecular formula is C16H16N2O3S. The van der Waals surface area contributed by atoms with Crippen LogP contribution in [0.3, 0.4) is 0 Å². The molecule has 6 heteroatoms. The third-order valence-electron chi connectivity index (χ3n) is 3.37. The van der Waals surface area contributed by atoms with Crippen molar-refractivity contribution < 1.29 is 9.15 Å². The van der Waals surface area contributed by atoms with Crippen molar-refractivity contribution in [1.82, 2.24) is 4.98 Å². The molecule has 2 aromatic heterocycles. The number of thiophene rings is 1. The van der Waals surface area contributed by atoms with Crippen LogP contribution in [0.25, 0.3) is 21.4 Å². The molecule has 0 aliphatic carbocycles. The number of hydrogen-bond donors (Lipinski definition) is 0. The molecule has 0 radical (unpaired) electrons. The molecule has 0 aliphatic rings. The molecule has 3 rings (SSSR count). The number of aromatic nitrogens is 1. The fraction of sp³-hybridized carbons (Fsp3) is 0.250. The molecule has 2 heterocycles. The van der Waals surface area contributed by atoms with Crippen molar-refractivity contribution >= 4 is 27.6 Å². The average molecular weight is 316 g/mol. The molecule has 0 saturated carbocycles. The summed E-state index contributed by atoms with van der Waals surface area (Å²) in [6.45, 7) is 1.14. The van der Waals surface area contributed by atoms with E-state index in [9.17, 15) is 4.79 Å². The van der Waals surface area contributed by atoms with Crippen LogP contribution >= 0.6 is 11.3 Å². The fourth-order valence-corrected chi connectivity index (χ4v) is 3.04. The highest BCUT2D eigenvalue weighted by Crippen LogP contribution is 2.33. The molecule has 0 bridgehead atoms. The summed E-state index contributed by atoms with van der Waals surface area (Å²) in [5.41, 5.74) is 2.28. The summed E-state index contributed by atoms with van der Waals surface area (Å²) >= 11 is 1.36. The molecule has 0 unspecified atom stereocenters. The molecular weight excluding hydrogens is 300 g/mol. The van der Waals surface area contributed by atoms with Gasteiger partial charge < -0.3 is 14.1 Å². The SMILES string of the molecule is COCCN(C)c1nc(=O)c2scc(-c3ccccc3)c2o1. The number of benzene rings is 1. The van der Waals surface area contributed by atoms with Gasteiger partial charge in [-0.1, -0.05) is 30.3 Å². The Morgan fingerprint density at radius 3 is 2.82 bits per heavy atom. The predicted octanol–water partition coefficient (Wildman–Crippen LogP) is 3.00. The van der Waals surface area contributed by atoms with Gasteiger partial charge >= 0.3 is 6.01 Å². The van der Waals surface area contributed by atoms with Crippen LogP contribution in [0, 0.1) is 0 Å². The smallest absolute Gasteiger partial charge is 0.301 e. The largest absolute Gasteiger partial charge is 0.423 e. The monoisotopic (exact) mass is 316 g/mol. The van der Waals surface area contributed by atoms with E-state index in [4.69, 9.17) is 9.15 Å². The average Bonchev–Trinajstić information content (AvgIpc) is 2.98. The number of ether oxygens (including phenoxy) is 1. The Kier molecular flexibility index (Phi) is 4.22. The summed E-state index contributed by atoms with van der Waals surface area (Å²) in [6.07, 6.45) is 0. The fourth-order valence-electron chi connectivity index (χ4n) is 2.15. The lowest BCUT2D eigenvalue weighted by Crippen LogP contribution is -2.25. The van der Waals surface area contributed by atoms with Gasteiger partial charge in [-0.05, 0) is 5.56 Å². The lowest BCUT2D eigenvalue weighted by molar-refractivity contribution is 0.205. The van der Waals surface area contributed by atoms with Crippen LogP contribution < -0.4 is 10.5 Å². The highest BCUT2D eigenvalue weighted by atomic mass is 32.1. The van der Waals surface area contributed by atoms with Crippen LogP contribution in [-0.2, 0) is 4.74 Å². The van der Waals surface area contributed by atoms with E-state index in [-0.39, 0.29) is 5.56 Å². The standard InChI is InChI=1S/C16H16N2O3S/c1-18(8-9-20-2)16-17-15(19)14-13(21-16)12(10-22-14)11-6-4-3-5-7-11/h3-7,10H,8-9H2,1-2H3. The van der Waals surface area contributed by atoms with E-state index in [1.807, 2.05) is 42.8 Å². The van der Waals surface area contributed by atoms with Crippen LogP contribution in [0.2, 0.25) is 0 Å². The van der Waals surface area contributed by atoms with Gasteiger partial charge in [0.2, 0.25) is 0 Å². The molecule has 0 N–H and O–H groups in total. The van der Waals surface area contributed by atoms with Crippen LogP contribution in [-0.4, -0.2) is 32.3 Å². The minimum Gasteiger partial charge on any atom is -0.423 e. The molecule has 3 aromatic rings. The molecule has 0 spiro atoms. The summed E-state index contributed by atoms with van der Waals surface area (Å²) in [4.78, 5) is 18.0. The van der Waals surface area contributed by atoms with Gasteiger partial charge in [0.15, 0.2) is 5.58 Å². The van der Waals surface area contributed by atoms with Crippen molar-refractivity contribution in [1.29, 1.82) is 0 Å². The molecule has 0 atom stereocenters. The summed E-state index contributed by atoms with van der Waals surface area (Å²) in [5, 5.41) is 1.94. The van der Waals surface area contributed by atoms with Crippen LogP contribution in [0.4, 0.5) is 6.01 Å². The summed E-state index contributed by atoms with van der Waals surface area (Å²) < 4.78 is 11.5. The molecule has 0 saturated heterocycles. The second-order valence-electron chi connectivity index (χ2n) is 4.89. The zero-order valence-electron chi connectivity index (χ0n) is 12.4. The van der Waals surface area contributed by atoms with Gasteiger partial charge in [0.1, 0.15) is 4.70 Å². The van der Waals surface area contributed by atoms with Crippen molar-refractivity contribution in [2.24, 2.45) is 0 Å². The third kappa shape index (κ3) is 2.75. The number of rotatable bonds is 5. The van der Waals surface area contributed by atoms with E-state index in [0.29, 0.717) is 29.4 Å². The molecule has 0 amide bonds. The van der Waals surface area contributed by atoms with E-state index in [1.165, 1.54) is 11.3 Å². The maximum Gasteiger partial charge on any atom is 0.301 e. The van der Waals surface area contributed by atoms with E-state index in [2.05, 4.69) is 4.98 Å². The second-order valence-corrected chi connectivity index (χ2v) is 5.77. The van der Waals surface area contributed by atoms with Crippen molar-refractivity contribution in [2.75, 3.05) is 32.2 Å². The molecule has 0 aliphatic heterocycles. The Balaban J connectivity index is 2.10. The van der Waals surface area contributed by atoms with Crippen LogP contribution in [0.1, 0.15) is 0 Å². The van der Waals surface area contributed by atoms with Gasteiger partial charge in [-0.15, -0.1) is 11.3 Å². The molecule has 5 nitrogen and oxygen atoms in total. The summed E-state index contributed by atoms with van der Waals surface area (Å²) in [7, 11) is 3.46. The topological polar surface area (TPSA) is 55.6 Å². The van der Waals surface area contributed by atoms with Crippen LogP contribution in [0.15, 0.2) is 44.9 Å². The first-order valence-corrected chi connectivity index (χ1v) is 7.76. The Morgan fingerprint density at radius 2 is 2.09 bits per heavy atom. The first-order valence-electron chi connectivity index (χ1n) is 6.88. The Hall–Kier alpha value is -2.18. The molecule has 22 heavy (non-hydrogen) atoms. The Bertz CT molecular complexity index is 826. The number of hydrogen-bond acceptors (Lipinski definition) is 6. The Morgan fingerprint density at radius 1 is 1.32 bits per heavy atom. The van der Waals surface area contributed by atoms with E-state index in [1.54, 1.807) is 12.0 Å². The van der Waals surface area contributed by atoms with Crippen molar-refractivity contribution in [2.45, 2.75) is 0 Å². The van der Waals surface area contributed by atoms with Gasteiger partial charge in [0.25, 0.3) is 5.56 Å². The van der Waals surface area contributed by atoms with Gasteiger partial charge in [-0.3, -0.25) is 4.79 Å². The van der Waals surface area contributed by atoms with E-state index in [0.717, 1.165) is 11.1 Å². The lowest BCUT2D eigenvalue weighted by atomic mass is 10.1. The van der Waals surface area contributed by atoms with E-state index >= 15 is 0 Å². The normalized spacial score (nSPS) is 11.0. The zero-order chi connectivity index (χ0) is 15.5. The third-order valence-corrected chi connectivity index (χ3v) is 4.32. The number of likely N-dealkylation sites (N-methyl/N-ethyl adjacent to an activating group) is 1. The zero-order valence-corrected chi connectivity index (χ0v) is 13.2. The van der Waals surface area contributed by atoms with Gasteiger partial charge in [0.05, 0.1) is 6.61 Å². The first-order chi connectivity index (χ1) is 10.7. The van der Waals surface area contributed by atoms with Gasteiger partial charge in [-0.25, -0.2) is 0 Å². The summed E-state index contributed by atoms with van der Waals surface area (Å²) in [6, 6.07) is 10.2. The maximum atomic E-state index is 12.2. The maximum absolute atomic E-state index is 12.2. The van der Waals surface area contributed by atoms with Crippen LogP contribution in [0.5, 0.6) is 0 Å². The van der Waals surface area contributed by atoms with Crippen molar-refractivity contribution in [3.63, 3.8) is 0 Å². The van der Waals surface area contributed by atoms with Crippen molar-refractivity contribution in [3.8, 4) is 11.1 Å². The minimum atomic E-state index is -0.257. The van der Waals surface area contributed by atoms with Gasteiger partial charge in [0, 0.05) is 31.6 Å². The number of nitrogens with zero attached hydrogens (tertiary/aromatic N) is 2. The quantitative estimate of drug-likeness (QED) is 0.724. The molecule has 1 aromatic carbocycles. The molecule has 114 valence electrons. The number of methoxy groups -OCH3 is 1. The second kappa shape index (κ2) is 6.29. The highest BCUT2D eigenvalue weighted by Gasteiger charge is 2.16. The Labute approximate surface area is 131 Å². The van der Waals surface area contributed by atoms with E-state index < -0.39 is 0 Å². The minimum absolute atomic E-state index is 0.257. The molecule has 0 fully saturated rings. The van der Waals surface area contributed by atoms with Crippen molar-refractivity contribution in [3.05, 3.63) is 46.1 Å². The summed E-state index contributed by atoms with van der Waals surface area (Å²) in [5.74, 6) is 0. The highest BCUT2D eigenvalue weighted by molar-refractivity contribution is 7.17. The lowest BCUT2D eigenvalue weighted by Gasteiger charge is -2.15. The number of anilines is 1.